The minimum Gasteiger partial charge on any atom is -0.491 e. The lowest BCUT2D eigenvalue weighted by molar-refractivity contribution is 0.321. The van der Waals surface area contributed by atoms with Crippen LogP contribution in [0, 0.1) is 11.7 Å². The largest absolute Gasteiger partial charge is 0.491 e. The van der Waals surface area contributed by atoms with Gasteiger partial charge < -0.3 is 10.1 Å². The summed E-state index contributed by atoms with van der Waals surface area (Å²) in [5.74, 6) is 0.909. The Bertz CT molecular complexity index is 375. The number of halogens is 1. The summed E-state index contributed by atoms with van der Waals surface area (Å²) in [7, 11) is 0. The Kier molecular flexibility index (Phi) is 4.85. The van der Waals surface area contributed by atoms with Crippen LogP contribution in [0.25, 0.3) is 0 Å². The quantitative estimate of drug-likeness (QED) is 0.817. The highest BCUT2D eigenvalue weighted by molar-refractivity contribution is 5.47. The van der Waals surface area contributed by atoms with Crippen molar-refractivity contribution in [1.29, 1.82) is 0 Å². The number of hydrogen-bond acceptors (Lipinski definition) is 2. The van der Waals surface area contributed by atoms with Crippen molar-refractivity contribution in [2.45, 2.75) is 39.0 Å². The van der Waals surface area contributed by atoms with Crippen molar-refractivity contribution < 1.29 is 9.13 Å². The molecule has 1 N–H and O–H groups in total. The Balaban J connectivity index is 1.80. The lowest BCUT2D eigenvalue weighted by Crippen LogP contribution is -2.07. The van der Waals surface area contributed by atoms with Gasteiger partial charge in [0.2, 0.25) is 0 Å². The maximum atomic E-state index is 13.6. The van der Waals surface area contributed by atoms with Crippen LogP contribution in [0.3, 0.4) is 0 Å². The molecule has 0 unspecified atom stereocenters. The molecule has 3 heteroatoms. The van der Waals surface area contributed by atoms with Crippen LogP contribution in [0.5, 0.6) is 5.75 Å². The Morgan fingerprint density at radius 2 is 2.11 bits per heavy atom. The van der Waals surface area contributed by atoms with E-state index in [2.05, 4.69) is 5.32 Å². The van der Waals surface area contributed by atoms with Crippen LogP contribution < -0.4 is 10.1 Å². The first-order chi connectivity index (χ1) is 8.79. The van der Waals surface area contributed by atoms with E-state index >= 15 is 0 Å². The molecule has 2 nitrogen and oxygen atoms in total. The standard InChI is InChI=1S/C15H22FNO/c1-2-18-15-8-7-13(11-14(15)16)17-10-9-12-5-3-4-6-12/h7-8,11-12,17H,2-6,9-10H2,1H3. The summed E-state index contributed by atoms with van der Waals surface area (Å²) in [6.45, 7) is 3.27. The molecule has 1 aromatic rings. The van der Waals surface area contributed by atoms with Gasteiger partial charge in [0.1, 0.15) is 0 Å². The summed E-state index contributed by atoms with van der Waals surface area (Å²) in [5.41, 5.74) is 0.842. The highest BCUT2D eigenvalue weighted by Gasteiger charge is 2.14. The fourth-order valence-corrected chi connectivity index (χ4v) is 2.60. The summed E-state index contributed by atoms with van der Waals surface area (Å²) >= 11 is 0. The van der Waals surface area contributed by atoms with Crippen LogP contribution in [-0.4, -0.2) is 13.2 Å². The van der Waals surface area contributed by atoms with Crippen LogP contribution in [0.1, 0.15) is 39.0 Å². The van der Waals surface area contributed by atoms with Gasteiger partial charge in [-0.05, 0) is 31.4 Å². The van der Waals surface area contributed by atoms with Crippen molar-refractivity contribution in [3.05, 3.63) is 24.0 Å². The summed E-state index contributed by atoms with van der Waals surface area (Å²) in [5, 5.41) is 3.29. The molecule has 0 radical (unpaired) electrons. The van der Waals surface area contributed by atoms with Crippen molar-refractivity contribution in [3.63, 3.8) is 0 Å². The smallest absolute Gasteiger partial charge is 0.167 e. The van der Waals surface area contributed by atoms with Gasteiger partial charge in [-0.2, -0.15) is 0 Å². The summed E-state index contributed by atoms with van der Waals surface area (Å²) in [4.78, 5) is 0. The van der Waals surface area contributed by atoms with E-state index in [1.165, 1.54) is 38.2 Å². The topological polar surface area (TPSA) is 21.3 Å². The summed E-state index contributed by atoms with van der Waals surface area (Å²) in [6.07, 6.45) is 6.66. The maximum Gasteiger partial charge on any atom is 0.167 e. The zero-order valence-electron chi connectivity index (χ0n) is 11.0. The number of nitrogens with one attached hydrogen (secondary N) is 1. The van der Waals surface area contributed by atoms with Crippen LogP contribution in [-0.2, 0) is 0 Å². The Hall–Kier alpha value is -1.25. The highest BCUT2D eigenvalue weighted by Crippen LogP contribution is 2.27. The van der Waals surface area contributed by atoms with Gasteiger partial charge in [-0.1, -0.05) is 25.7 Å². The van der Waals surface area contributed by atoms with E-state index < -0.39 is 0 Å². The van der Waals surface area contributed by atoms with Gasteiger partial charge in [0.05, 0.1) is 6.61 Å². The molecule has 2 rings (SSSR count). The molecule has 1 saturated carbocycles. The molecule has 0 amide bonds. The van der Waals surface area contributed by atoms with Crippen molar-refractivity contribution in [2.24, 2.45) is 5.92 Å². The predicted molar refractivity (Wildman–Crippen MR) is 72.6 cm³/mol. The van der Waals surface area contributed by atoms with Crippen LogP contribution >= 0.6 is 0 Å². The second-order valence-corrected chi connectivity index (χ2v) is 4.94. The van der Waals surface area contributed by atoms with Crippen LogP contribution in [0.4, 0.5) is 10.1 Å². The highest BCUT2D eigenvalue weighted by atomic mass is 19.1. The van der Waals surface area contributed by atoms with Crippen molar-refractivity contribution in [1.82, 2.24) is 0 Å². The van der Waals surface area contributed by atoms with Gasteiger partial charge in [-0.15, -0.1) is 0 Å². The van der Waals surface area contributed by atoms with Gasteiger partial charge in [0.15, 0.2) is 11.6 Å². The monoisotopic (exact) mass is 251 g/mol. The molecule has 0 atom stereocenters. The lowest BCUT2D eigenvalue weighted by Gasteiger charge is -2.12. The Morgan fingerprint density at radius 3 is 2.78 bits per heavy atom. The first kappa shape index (κ1) is 13.2. The molecule has 1 aromatic carbocycles. The first-order valence-corrected chi connectivity index (χ1v) is 6.96. The Morgan fingerprint density at radius 1 is 1.33 bits per heavy atom. The van der Waals surface area contributed by atoms with Gasteiger partial charge in [0, 0.05) is 18.3 Å². The van der Waals surface area contributed by atoms with E-state index in [-0.39, 0.29) is 5.82 Å². The average Bonchev–Trinajstić information content (AvgIpc) is 2.86. The maximum absolute atomic E-state index is 13.6. The molecule has 0 heterocycles. The number of ether oxygens (including phenoxy) is 1. The van der Waals surface area contributed by atoms with E-state index in [1.807, 2.05) is 13.0 Å². The van der Waals surface area contributed by atoms with E-state index in [9.17, 15) is 4.39 Å². The summed E-state index contributed by atoms with van der Waals surface area (Å²) < 4.78 is 18.8. The van der Waals surface area contributed by atoms with Crippen LogP contribution in [0.2, 0.25) is 0 Å². The van der Waals surface area contributed by atoms with E-state index in [0.717, 1.165) is 18.2 Å². The van der Waals surface area contributed by atoms with E-state index in [1.54, 1.807) is 6.07 Å². The van der Waals surface area contributed by atoms with Crippen molar-refractivity contribution in [2.75, 3.05) is 18.5 Å². The molecule has 1 aliphatic rings. The fourth-order valence-electron chi connectivity index (χ4n) is 2.60. The Labute approximate surface area is 109 Å². The molecular formula is C15H22FNO. The third kappa shape index (κ3) is 3.62. The summed E-state index contributed by atoms with van der Waals surface area (Å²) in [6, 6.07) is 5.08. The molecule has 100 valence electrons. The second-order valence-electron chi connectivity index (χ2n) is 4.94. The molecule has 0 aromatic heterocycles. The molecule has 1 fully saturated rings. The van der Waals surface area contributed by atoms with Crippen molar-refractivity contribution in [3.8, 4) is 5.75 Å². The third-order valence-corrected chi connectivity index (χ3v) is 3.59. The van der Waals surface area contributed by atoms with E-state index in [4.69, 9.17) is 4.74 Å². The SMILES string of the molecule is CCOc1ccc(NCCC2CCCC2)cc1F. The lowest BCUT2D eigenvalue weighted by atomic mass is 10.0. The second kappa shape index (κ2) is 6.62. The number of rotatable bonds is 6. The zero-order chi connectivity index (χ0) is 12.8. The van der Waals surface area contributed by atoms with Crippen molar-refractivity contribution >= 4 is 5.69 Å². The van der Waals surface area contributed by atoms with Gasteiger partial charge in [-0.25, -0.2) is 4.39 Å². The zero-order valence-corrected chi connectivity index (χ0v) is 11.0. The fraction of sp³-hybridized carbons (Fsp3) is 0.600. The number of anilines is 1. The predicted octanol–water partition coefficient (Wildman–Crippen LogP) is 4.22. The molecule has 0 spiro atoms. The average molecular weight is 251 g/mol. The van der Waals surface area contributed by atoms with Gasteiger partial charge >= 0.3 is 0 Å². The molecule has 1 aliphatic carbocycles. The molecule has 0 saturated heterocycles. The molecular weight excluding hydrogens is 229 g/mol. The molecule has 0 aliphatic heterocycles. The van der Waals surface area contributed by atoms with Gasteiger partial charge in [-0.3, -0.25) is 0 Å². The van der Waals surface area contributed by atoms with E-state index in [0.29, 0.717) is 12.4 Å². The van der Waals surface area contributed by atoms with Gasteiger partial charge in [0.25, 0.3) is 0 Å². The minimum absolute atomic E-state index is 0.289. The first-order valence-electron chi connectivity index (χ1n) is 6.96. The van der Waals surface area contributed by atoms with Crippen LogP contribution in [0.15, 0.2) is 18.2 Å². The normalized spacial score (nSPS) is 15.9. The minimum atomic E-state index is -0.289. The number of hydrogen-bond donors (Lipinski definition) is 1. The third-order valence-electron chi connectivity index (χ3n) is 3.59. The molecule has 18 heavy (non-hydrogen) atoms. The molecule has 0 bridgehead atoms. The number of benzene rings is 1.